The summed E-state index contributed by atoms with van der Waals surface area (Å²) in [6.45, 7) is -4.08. The topological polar surface area (TPSA) is 18.5 Å². The van der Waals surface area contributed by atoms with Crippen LogP contribution >= 0.6 is 0 Å². The molecule has 0 aromatic heterocycles. The van der Waals surface area contributed by atoms with Crippen LogP contribution < -0.4 is 61.6 Å². The maximum absolute atomic E-state index is 12.4. The molecular formula is C10H13BF3KO2. The maximum atomic E-state index is 12.4. The summed E-state index contributed by atoms with van der Waals surface area (Å²) >= 11 is 0. The van der Waals surface area contributed by atoms with Gasteiger partial charge in [-0.05, 0) is 12.1 Å². The van der Waals surface area contributed by atoms with E-state index < -0.39 is 12.4 Å². The Morgan fingerprint density at radius 1 is 1.18 bits per heavy atom. The molecule has 0 amide bonds. The summed E-state index contributed by atoms with van der Waals surface area (Å²) in [5.74, 6) is 0.243. The third-order valence-electron chi connectivity index (χ3n) is 2.00. The molecule has 17 heavy (non-hydrogen) atoms. The summed E-state index contributed by atoms with van der Waals surface area (Å²) in [6, 6.07) is 4.92. The first-order valence-electron chi connectivity index (χ1n) is 4.95. The number of hydrogen-bond donors (Lipinski definition) is 0. The van der Waals surface area contributed by atoms with Gasteiger partial charge in [-0.2, -0.15) is 0 Å². The molecule has 0 N–H and O–H groups in total. The second-order valence-corrected chi connectivity index (χ2v) is 3.34. The molecule has 0 unspecified atom stereocenters. The van der Waals surface area contributed by atoms with E-state index >= 15 is 0 Å². The molecule has 0 aliphatic carbocycles. The summed E-state index contributed by atoms with van der Waals surface area (Å²) in [7, 11) is 1.56. The first-order valence-corrected chi connectivity index (χ1v) is 4.95. The molecule has 1 aromatic rings. The fourth-order valence-electron chi connectivity index (χ4n) is 1.20. The Hall–Kier alpha value is 0.471. The Morgan fingerprint density at radius 3 is 2.47 bits per heavy atom. The predicted octanol–water partition coefficient (Wildman–Crippen LogP) is -0.840. The molecule has 2 nitrogen and oxygen atoms in total. The predicted molar refractivity (Wildman–Crippen MR) is 57.1 cm³/mol. The largest absolute Gasteiger partial charge is 1.00 e. The molecule has 0 fully saturated rings. The van der Waals surface area contributed by atoms with Crippen LogP contribution in [0.3, 0.4) is 0 Å². The molecule has 0 aliphatic heterocycles. The minimum Gasteiger partial charge on any atom is -0.494 e. The summed E-state index contributed by atoms with van der Waals surface area (Å²) in [6.07, 6.45) is 0.651. The van der Waals surface area contributed by atoms with Crippen molar-refractivity contribution < 1.29 is 73.8 Å². The van der Waals surface area contributed by atoms with Crippen LogP contribution in [0.1, 0.15) is 6.42 Å². The first-order chi connectivity index (χ1) is 7.54. The summed E-state index contributed by atoms with van der Waals surface area (Å²) in [5.41, 5.74) is -0.635. The van der Waals surface area contributed by atoms with Crippen molar-refractivity contribution in [3.63, 3.8) is 0 Å². The van der Waals surface area contributed by atoms with Crippen LogP contribution in [0.2, 0.25) is 0 Å². The van der Waals surface area contributed by atoms with Crippen LogP contribution in [0.15, 0.2) is 24.3 Å². The number of hydrogen-bond acceptors (Lipinski definition) is 2. The zero-order valence-corrected chi connectivity index (χ0v) is 13.1. The van der Waals surface area contributed by atoms with Gasteiger partial charge in [0.2, 0.25) is 0 Å². The molecule has 0 bridgehead atoms. The molecule has 0 heterocycles. The van der Waals surface area contributed by atoms with Crippen LogP contribution in [0.5, 0.6) is 5.75 Å². The minimum absolute atomic E-state index is 0. The standard InChI is InChI=1S/C10H13BF3O2.K/c1-15-6-3-7-16-10-5-2-4-9(8-10)11(12,13)14;/h2,4-5,8H,3,6-7H2,1H3;/q-1;+1. The molecule has 90 valence electrons. The van der Waals surface area contributed by atoms with E-state index in [1.807, 2.05) is 0 Å². The zero-order valence-electron chi connectivity index (χ0n) is 9.96. The van der Waals surface area contributed by atoms with Crippen molar-refractivity contribution in [1.29, 1.82) is 0 Å². The number of halogens is 3. The van der Waals surface area contributed by atoms with E-state index in [0.29, 0.717) is 19.6 Å². The molecule has 0 radical (unpaired) electrons. The van der Waals surface area contributed by atoms with Gasteiger partial charge in [0, 0.05) is 20.1 Å². The van der Waals surface area contributed by atoms with Crippen molar-refractivity contribution in [2.24, 2.45) is 0 Å². The van der Waals surface area contributed by atoms with Crippen molar-refractivity contribution in [1.82, 2.24) is 0 Å². The van der Waals surface area contributed by atoms with Gasteiger partial charge < -0.3 is 22.4 Å². The van der Waals surface area contributed by atoms with Gasteiger partial charge in [0.25, 0.3) is 0 Å². The fraction of sp³-hybridized carbons (Fsp3) is 0.400. The van der Waals surface area contributed by atoms with Gasteiger partial charge in [-0.25, -0.2) is 0 Å². The third kappa shape index (κ3) is 6.83. The molecule has 1 rings (SSSR count). The molecule has 0 saturated carbocycles. The number of rotatable bonds is 6. The van der Waals surface area contributed by atoms with E-state index in [9.17, 15) is 12.9 Å². The smallest absolute Gasteiger partial charge is 0.494 e. The SMILES string of the molecule is COCCCOc1cccc([B-](F)(F)F)c1.[K+]. The number of ether oxygens (including phenoxy) is 2. The number of benzene rings is 1. The van der Waals surface area contributed by atoms with Gasteiger partial charge in [0.1, 0.15) is 5.75 Å². The first kappa shape index (κ1) is 17.5. The van der Waals surface area contributed by atoms with Gasteiger partial charge >= 0.3 is 58.4 Å². The van der Waals surface area contributed by atoms with Crippen LogP contribution in [-0.2, 0) is 4.74 Å². The van der Waals surface area contributed by atoms with E-state index in [1.54, 1.807) is 7.11 Å². The second kappa shape index (κ2) is 8.55. The van der Waals surface area contributed by atoms with Crippen LogP contribution in [0.25, 0.3) is 0 Å². The van der Waals surface area contributed by atoms with E-state index in [2.05, 4.69) is 0 Å². The minimum atomic E-state index is -4.96. The van der Waals surface area contributed by atoms with Crippen molar-refractivity contribution >= 4 is 12.4 Å². The van der Waals surface area contributed by atoms with E-state index in [-0.39, 0.29) is 57.1 Å². The van der Waals surface area contributed by atoms with Crippen molar-refractivity contribution in [2.75, 3.05) is 20.3 Å². The Kier molecular flexibility index (Phi) is 8.79. The van der Waals surface area contributed by atoms with Gasteiger partial charge in [-0.3, -0.25) is 0 Å². The van der Waals surface area contributed by atoms with Crippen LogP contribution in [-0.4, -0.2) is 27.3 Å². The Morgan fingerprint density at radius 2 is 1.88 bits per heavy atom. The maximum Gasteiger partial charge on any atom is 1.00 e. The van der Waals surface area contributed by atoms with Crippen molar-refractivity contribution in [2.45, 2.75) is 6.42 Å². The molecule has 0 spiro atoms. The monoisotopic (exact) mass is 272 g/mol. The van der Waals surface area contributed by atoms with E-state index in [0.717, 1.165) is 12.1 Å². The summed E-state index contributed by atoms with van der Waals surface area (Å²) in [4.78, 5) is 0. The average molecular weight is 272 g/mol. The molecule has 0 saturated heterocycles. The normalized spacial score (nSPS) is 10.8. The van der Waals surface area contributed by atoms with Gasteiger partial charge in [0.15, 0.2) is 0 Å². The quantitative estimate of drug-likeness (QED) is 0.496. The molecular weight excluding hydrogens is 259 g/mol. The third-order valence-corrected chi connectivity index (χ3v) is 2.00. The van der Waals surface area contributed by atoms with E-state index in [4.69, 9.17) is 9.47 Å². The average Bonchev–Trinajstić information content (AvgIpc) is 2.24. The van der Waals surface area contributed by atoms with Gasteiger partial charge in [0.05, 0.1) is 6.61 Å². The van der Waals surface area contributed by atoms with Crippen molar-refractivity contribution in [3.8, 4) is 5.75 Å². The fourth-order valence-corrected chi connectivity index (χ4v) is 1.20. The second-order valence-electron chi connectivity index (χ2n) is 3.34. The summed E-state index contributed by atoms with van der Waals surface area (Å²) in [5, 5.41) is 0. The molecule has 7 heteroatoms. The Bertz CT molecular complexity index is 334. The van der Waals surface area contributed by atoms with Crippen molar-refractivity contribution in [3.05, 3.63) is 24.3 Å². The Labute approximate surface area is 141 Å². The molecule has 0 aliphatic rings. The van der Waals surface area contributed by atoms with Gasteiger partial charge in [-0.1, -0.05) is 12.1 Å². The van der Waals surface area contributed by atoms with Crippen LogP contribution in [0.4, 0.5) is 12.9 Å². The summed E-state index contributed by atoms with van der Waals surface area (Å²) < 4.78 is 47.2. The van der Waals surface area contributed by atoms with Gasteiger partial charge in [-0.15, -0.1) is 5.46 Å². The molecule has 1 aromatic carbocycles. The zero-order chi connectivity index (χ0) is 12.0. The number of methoxy groups -OCH3 is 1. The van der Waals surface area contributed by atoms with E-state index in [1.165, 1.54) is 12.1 Å². The molecule has 0 atom stereocenters. The Balaban J connectivity index is 0.00000256. The van der Waals surface area contributed by atoms with Crippen LogP contribution in [0, 0.1) is 0 Å².